The highest BCUT2D eigenvalue weighted by atomic mass is 32.2. The Labute approximate surface area is 162 Å². The minimum atomic E-state index is -0.0891. The number of aromatic nitrogens is 3. The van der Waals surface area contributed by atoms with Gasteiger partial charge in [0.1, 0.15) is 5.52 Å². The predicted octanol–water partition coefficient (Wildman–Crippen LogP) is 3.76. The molecule has 0 spiro atoms. The Hall–Kier alpha value is -2.54. The normalized spacial score (nSPS) is 12.3. The van der Waals surface area contributed by atoms with E-state index in [0.29, 0.717) is 16.2 Å². The second-order valence-electron chi connectivity index (χ2n) is 6.62. The number of aryl methyl sites for hydroxylation is 1. The zero-order chi connectivity index (χ0) is 19.6. The number of rotatable bonds is 6. The maximum Gasteiger partial charge on any atom is 0.278 e. The van der Waals surface area contributed by atoms with Crippen LogP contribution < -0.4 is 10.5 Å². The van der Waals surface area contributed by atoms with Gasteiger partial charge in [-0.15, -0.1) is 0 Å². The molecule has 1 amide bonds. The number of hydrogen-bond donors (Lipinski definition) is 1. The van der Waals surface area contributed by atoms with Gasteiger partial charge in [-0.2, -0.15) is 0 Å². The molecule has 0 bridgehead atoms. The molecule has 1 N–H and O–H groups in total. The number of carbonyl (C=O) groups is 1. The summed E-state index contributed by atoms with van der Waals surface area (Å²) in [6.07, 6.45) is 0.804. The van der Waals surface area contributed by atoms with Crippen LogP contribution in [0.2, 0.25) is 0 Å². The van der Waals surface area contributed by atoms with E-state index >= 15 is 0 Å². The van der Waals surface area contributed by atoms with Crippen molar-refractivity contribution in [2.45, 2.75) is 38.4 Å². The largest absolute Gasteiger partial charge is 0.353 e. The third-order valence-electron chi connectivity index (χ3n) is 4.66. The zero-order valence-corrected chi connectivity index (χ0v) is 16.8. The quantitative estimate of drug-likeness (QED) is 0.519. The number of nitrogens with one attached hydrogen (secondary N) is 1. The second kappa shape index (κ2) is 8.00. The molecule has 6 nitrogen and oxygen atoms in total. The molecule has 0 saturated carbocycles. The summed E-state index contributed by atoms with van der Waals surface area (Å²) in [7, 11) is 1.76. The minimum Gasteiger partial charge on any atom is -0.353 e. The molecule has 3 aromatic rings. The lowest BCUT2D eigenvalue weighted by molar-refractivity contribution is -0.115. The van der Waals surface area contributed by atoms with Gasteiger partial charge in [-0.05, 0) is 38.5 Å². The van der Waals surface area contributed by atoms with Crippen molar-refractivity contribution in [3.63, 3.8) is 0 Å². The van der Waals surface area contributed by atoms with Crippen LogP contribution in [-0.2, 0) is 4.79 Å². The highest BCUT2D eigenvalue weighted by molar-refractivity contribution is 7.99. The second-order valence-corrected chi connectivity index (χ2v) is 7.56. The van der Waals surface area contributed by atoms with Gasteiger partial charge in [-0.1, -0.05) is 36.9 Å². The highest BCUT2D eigenvalue weighted by Crippen LogP contribution is 2.23. The molecular weight excluding hydrogens is 360 g/mol. The van der Waals surface area contributed by atoms with Crippen molar-refractivity contribution in [2.24, 2.45) is 0 Å². The Morgan fingerprint density at radius 2 is 2.04 bits per heavy atom. The first-order valence-corrected chi connectivity index (χ1v) is 9.97. The number of para-hydroxylation sites is 1. The lowest BCUT2D eigenvalue weighted by Crippen LogP contribution is -2.29. The first-order valence-electron chi connectivity index (χ1n) is 8.98. The van der Waals surface area contributed by atoms with E-state index in [9.17, 15) is 9.59 Å². The molecule has 0 saturated heterocycles. The van der Waals surface area contributed by atoms with Crippen LogP contribution in [0.25, 0.3) is 11.0 Å². The van der Waals surface area contributed by atoms with Crippen molar-refractivity contribution < 1.29 is 4.79 Å². The maximum atomic E-state index is 12.9. The Kier molecular flexibility index (Phi) is 5.70. The molecule has 2 heterocycles. The fourth-order valence-corrected chi connectivity index (χ4v) is 3.89. The summed E-state index contributed by atoms with van der Waals surface area (Å²) in [6.45, 7) is 5.93. The number of benzene rings is 1. The molecule has 1 atom stereocenters. The molecule has 7 heteroatoms. The number of hydrogen-bond acceptors (Lipinski definition) is 4. The fraction of sp³-hybridized carbons (Fsp3) is 0.350. The van der Waals surface area contributed by atoms with Crippen molar-refractivity contribution in [3.8, 4) is 0 Å². The van der Waals surface area contributed by atoms with Gasteiger partial charge in [-0.25, -0.2) is 4.98 Å². The van der Waals surface area contributed by atoms with Crippen LogP contribution >= 0.6 is 11.8 Å². The molecule has 0 fully saturated rings. The smallest absolute Gasteiger partial charge is 0.278 e. The zero-order valence-electron chi connectivity index (χ0n) is 16.0. The van der Waals surface area contributed by atoms with Crippen LogP contribution in [0.4, 0.5) is 5.69 Å². The van der Waals surface area contributed by atoms with Crippen molar-refractivity contribution >= 4 is 34.4 Å². The minimum absolute atomic E-state index is 0.00228. The van der Waals surface area contributed by atoms with Crippen LogP contribution in [0, 0.1) is 6.92 Å². The number of nitrogens with zero attached hydrogens (tertiary/aromatic N) is 3. The monoisotopic (exact) mass is 384 g/mol. The number of anilines is 1. The number of fused-ring (bicyclic) bond motifs is 1. The first kappa shape index (κ1) is 19.2. The fourth-order valence-electron chi connectivity index (χ4n) is 2.88. The number of thioether (sulfide) groups is 1. The van der Waals surface area contributed by atoms with E-state index in [1.165, 1.54) is 11.8 Å². The summed E-state index contributed by atoms with van der Waals surface area (Å²) in [4.78, 5) is 34.9. The summed E-state index contributed by atoms with van der Waals surface area (Å²) in [6, 6.07) is 11.4. The van der Waals surface area contributed by atoms with Crippen LogP contribution in [0.5, 0.6) is 0 Å². The first-order chi connectivity index (χ1) is 12.9. The molecule has 0 aliphatic heterocycles. The molecule has 142 valence electrons. The van der Waals surface area contributed by atoms with Crippen molar-refractivity contribution in [1.82, 2.24) is 14.5 Å². The van der Waals surface area contributed by atoms with E-state index in [2.05, 4.69) is 9.97 Å². The van der Waals surface area contributed by atoms with E-state index in [1.54, 1.807) is 16.5 Å². The molecule has 27 heavy (non-hydrogen) atoms. The standard InChI is InChI=1S/C20H24N4O2S/c1-5-14(3)24-19(26)18-16(11-13(2)21-18)22-20(24)27-12-17(25)23(4)15-9-7-6-8-10-15/h6-11,14,21H,5,12H2,1-4H3. The van der Waals surface area contributed by atoms with E-state index < -0.39 is 0 Å². The van der Waals surface area contributed by atoms with Gasteiger partial charge in [-0.3, -0.25) is 14.2 Å². The lowest BCUT2D eigenvalue weighted by Gasteiger charge is -2.19. The van der Waals surface area contributed by atoms with Crippen LogP contribution in [-0.4, -0.2) is 33.2 Å². The number of carbonyl (C=O) groups excluding carboxylic acids is 1. The number of aromatic amines is 1. The maximum absolute atomic E-state index is 12.9. The summed E-state index contributed by atoms with van der Waals surface area (Å²) >= 11 is 1.31. The lowest BCUT2D eigenvalue weighted by atomic mass is 10.2. The Bertz CT molecular complexity index is 1010. The van der Waals surface area contributed by atoms with Gasteiger partial charge >= 0.3 is 0 Å². The van der Waals surface area contributed by atoms with E-state index in [4.69, 9.17) is 0 Å². The predicted molar refractivity (Wildman–Crippen MR) is 111 cm³/mol. The van der Waals surface area contributed by atoms with Crippen molar-refractivity contribution in [1.29, 1.82) is 0 Å². The van der Waals surface area contributed by atoms with Gasteiger partial charge in [0.05, 0.1) is 11.3 Å². The number of H-pyrrole nitrogens is 1. The van der Waals surface area contributed by atoms with E-state index in [1.807, 2.05) is 57.2 Å². The van der Waals surface area contributed by atoms with Crippen LogP contribution in [0.3, 0.4) is 0 Å². The molecule has 1 unspecified atom stereocenters. The Morgan fingerprint density at radius 1 is 1.33 bits per heavy atom. The Balaban J connectivity index is 1.89. The summed E-state index contributed by atoms with van der Waals surface area (Å²) in [5.41, 5.74) is 2.81. The SMILES string of the molecule is CCC(C)n1c(SCC(=O)N(C)c2ccccc2)nc2cc(C)[nH]c2c1=O. The third-order valence-corrected chi connectivity index (χ3v) is 5.60. The van der Waals surface area contributed by atoms with Crippen LogP contribution in [0.1, 0.15) is 32.0 Å². The van der Waals surface area contributed by atoms with E-state index in [-0.39, 0.29) is 23.3 Å². The van der Waals surface area contributed by atoms with Gasteiger partial charge < -0.3 is 9.88 Å². The topological polar surface area (TPSA) is 71.0 Å². The molecule has 2 aromatic heterocycles. The molecule has 1 aromatic carbocycles. The third kappa shape index (κ3) is 3.93. The van der Waals surface area contributed by atoms with Crippen LogP contribution in [0.15, 0.2) is 46.3 Å². The molecule has 0 aliphatic rings. The molecule has 3 rings (SSSR count). The summed E-state index contributed by atoms with van der Waals surface area (Å²) in [5, 5.41) is 0.579. The van der Waals surface area contributed by atoms with Crippen molar-refractivity contribution in [3.05, 3.63) is 52.4 Å². The van der Waals surface area contributed by atoms with Gasteiger partial charge in [0.15, 0.2) is 5.16 Å². The average molecular weight is 385 g/mol. The highest BCUT2D eigenvalue weighted by Gasteiger charge is 2.19. The van der Waals surface area contributed by atoms with E-state index in [0.717, 1.165) is 17.8 Å². The van der Waals surface area contributed by atoms with Gasteiger partial charge in [0.2, 0.25) is 5.91 Å². The van der Waals surface area contributed by atoms with Gasteiger partial charge in [0.25, 0.3) is 5.56 Å². The van der Waals surface area contributed by atoms with Crippen molar-refractivity contribution in [2.75, 3.05) is 17.7 Å². The van der Waals surface area contributed by atoms with Gasteiger partial charge in [0, 0.05) is 24.5 Å². The summed E-state index contributed by atoms with van der Waals surface area (Å²) in [5.74, 6) is 0.171. The molecule has 0 radical (unpaired) electrons. The molecular formula is C20H24N4O2S. The average Bonchev–Trinajstić information content (AvgIpc) is 3.06. The number of amides is 1. The summed E-state index contributed by atoms with van der Waals surface area (Å²) < 4.78 is 1.69. The Morgan fingerprint density at radius 3 is 2.70 bits per heavy atom. The molecule has 0 aliphatic carbocycles.